The number of nitrogens with one attached hydrogen (secondary N) is 4. The first-order valence-corrected chi connectivity index (χ1v) is 13.3. The summed E-state index contributed by atoms with van der Waals surface area (Å²) in [5, 5.41) is 20.2. The number of fused-ring (bicyclic) bond motifs is 4. The normalized spacial score (nSPS) is 15.9. The zero-order chi connectivity index (χ0) is 29.5. The van der Waals surface area contributed by atoms with Gasteiger partial charge < -0.3 is 20.4 Å². The topological polar surface area (TPSA) is 169 Å². The van der Waals surface area contributed by atoms with Crippen LogP contribution >= 0.6 is 11.6 Å². The van der Waals surface area contributed by atoms with Crippen molar-refractivity contribution < 1.29 is 19.1 Å². The first kappa shape index (κ1) is 28.2. The highest BCUT2D eigenvalue weighted by Gasteiger charge is 2.21. The van der Waals surface area contributed by atoms with Crippen molar-refractivity contribution in [1.29, 1.82) is 0 Å². The highest BCUT2D eigenvalue weighted by Crippen LogP contribution is 2.28. The van der Waals surface area contributed by atoms with E-state index < -0.39 is 12.1 Å². The van der Waals surface area contributed by atoms with E-state index in [0.29, 0.717) is 64.0 Å². The van der Waals surface area contributed by atoms with Crippen LogP contribution in [0.25, 0.3) is 23.0 Å². The van der Waals surface area contributed by atoms with E-state index in [1.54, 1.807) is 48.7 Å². The number of aromatic nitrogens is 6. The third-order valence-corrected chi connectivity index (χ3v) is 6.59. The standard InChI is InChI=1S/C28H26ClN9O4/c1-42-28(41)33-19-8-9-20-21(14-19)27(40)30-12-4-2-3-5-22(26-31-15-23(20)35-26)34-25(39)11-6-17-13-18(29)7-10-24(17)38-16-32-36-37-38/h2-3,6-11,13-16,22H,4-5,12H2,1H3,(H,30,40)(H,31,35)(H,33,41)(H,34,39)/b3-2-,11-6+/t22-/m0/s1. The number of benzene rings is 2. The fourth-order valence-electron chi connectivity index (χ4n) is 4.33. The van der Waals surface area contributed by atoms with E-state index >= 15 is 0 Å². The Hall–Kier alpha value is -5.30. The highest BCUT2D eigenvalue weighted by atomic mass is 35.5. The summed E-state index contributed by atoms with van der Waals surface area (Å²) in [6.07, 6.45) is 10.4. The second-order valence-corrected chi connectivity index (χ2v) is 9.59. The van der Waals surface area contributed by atoms with Crippen LogP contribution in [0.3, 0.4) is 0 Å². The van der Waals surface area contributed by atoms with E-state index in [0.717, 1.165) is 0 Å². The van der Waals surface area contributed by atoms with Gasteiger partial charge >= 0.3 is 6.09 Å². The van der Waals surface area contributed by atoms with Crippen molar-refractivity contribution in [2.24, 2.45) is 0 Å². The van der Waals surface area contributed by atoms with E-state index in [1.807, 2.05) is 12.2 Å². The maximum atomic E-state index is 13.1. The molecule has 0 spiro atoms. The average Bonchev–Trinajstić information content (AvgIpc) is 3.70. The van der Waals surface area contributed by atoms with Gasteiger partial charge in [-0.3, -0.25) is 14.9 Å². The molecule has 0 unspecified atom stereocenters. The second-order valence-electron chi connectivity index (χ2n) is 9.15. The number of tetrazole rings is 1. The molecular weight excluding hydrogens is 562 g/mol. The fourth-order valence-corrected chi connectivity index (χ4v) is 4.51. The average molecular weight is 588 g/mol. The van der Waals surface area contributed by atoms with Crippen molar-refractivity contribution >= 4 is 41.3 Å². The van der Waals surface area contributed by atoms with Crippen LogP contribution in [0, 0.1) is 0 Å². The van der Waals surface area contributed by atoms with Crippen LogP contribution in [0.4, 0.5) is 10.5 Å². The minimum atomic E-state index is -0.651. The van der Waals surface area contributed by atoms with Crippen LogP contribution in [0.5, 0.6) is 0 Å². The number of H-pyrrole nitrogens is 1. The van der Waals surface area contributed by atoms with Gasteiger partial charge in [0.15, 0.2) is 0 Å². The third kappa shape index (κ3) is 6.70. The summed E-state index contributed by atoms with van der Waals surface area (Å²) in [5.41, 5.74) is 3.08. The Morgan fingerprint density at radius 3 is 2.86 bits per heavy atom. The van der Waals surface area contributed by atoms with Gasteiger partial charge in [-0.25, -0.2) is 9.78 Å². The molecular formula is C28H26ClN9O4. The van der Waals surface area contributed by atoms with E-state index in [2.05, 4.69) is 41.2 Å². The lowest BCUT2D eigenvalue weighted by Crippen LogP contribution is -2.27. The van der Waals surface area contributed by atoms with E-state index in [9.17, 15) is 14.4 Å². The molecule has 0 radical (unpaired) electrons. The van der Waals surface area contributed by atoms with E-state index in [-0.39, 0.29) is 11.8 Å². The summed E-state index contributed by atoms with van der Waals surface area (Å²) < 4.78 is 6.13. The number of rotatable bonds is 5. The third-order valence-electron chi connectivity index (χ3n) is 6.35. The molecule has 14 heteroatoms. The van der Waals surface area contributed by atoms with Crippen LogP contribution in [-0.2, 0) is 9.53 Å². The number of ether oxygens (including phenoxy) is 1. The molecule has 1 atom stereocenters. The number of hydrogen-bond acceptors (Lipinski definition) is 8. The van der Waals surface area contributed by atoms with Crippen molar-refractivity contribution in [2.45, 2.75) is 18.9 Å². The molecule has 0 saturated carbocycles. The number of anilines is 1. The molecule has 2 aromatic carbocycles. The molecule has 1 aliphatic rings. The number of methoxy groups -OCH3 is 1. The van der Waals surface area contributed by atoms with E-state index in [4.69, 9.17) is 16.6 Å². The minimum absolute atomic E-state index is 0.312. The largest absolute Gasteiger partial charge is 0.453 e. The Kier molecular flexibility index (Phi) is 8.68. The molecule has 0 fully saturated rings. The highest BCUT2D eigenvalue weighted by molar-refractivity contribution is 6.30. The molecule has 0 aliphatic carbocycles. The summed E-state index contributed by atoms with van der Waals surface area (Å²) in [5.74, 6) is -0.155. The van der Waals surface area contributed by atoms with Crippen LogP contribution < -0.4 is 16.0 Å². The lowest BCUT2D eigenvalue weighted by molar-refractivity contribution is -0.117. The Bertz CT molecular complexity index is 1660. The molecule has 4 N–H and O–H groups in total. The lowest BCUT2D eigenvalue weighted by Gasteiger charge is -2.14. The van der Waals surface area contributed by atoms with Crippen molar-refractivity contribution in [3.63, 3.8) is 0 Å². The Labute approximate surface area is 245 Å². The summed E-state index contributed by atoms with van der Waals surface area (Å²) >= 11 is 6.19. The van der Waals surface area contributed by atoms with Gasteiger partial charge in [0.05, 0.1) is 30.1 Å². The molecule has 4 aromatic rings. The first-order chi connectivity index (χ1) is 20.4. The van der Waals surface area contributed by atoms with Gasteiger partial charge in [0.1, 0.15) is 12.2 Å². The Morgan fingerprint density at radius 2 is 2.05 bits per heavy atom. The van der Waals surface area contributed by atoms with Crippen molar-refractivity contribution in [3.8, 4) is 16.9 Å². The summed E-state index contributed by atoms with van der Waals surface area (Å²) in [7, 11) is 1.26. The minimum Gasteiger partial charge on any atom is -0.453 e. The molecule has 1 aliphatic heterocycles. The Balaban J connectivity index is 1.41. The lowest BCUT2D eigenvalue weighted by atomic mass is 10.0. The number of aromatic amines is 1. The monoisotopic (exact) mass is 587 g/mol. The van der Waals surface area contributed by atoms with Crippen molar-refractivity contribution in [2.75, 3.05) is 19.0 Å². The van der Waals surface area contributed by atoms with Gasteiger partial charge in [0.25, 0.3) is 5.91 Å². The maximum absolute atomic E-state index is 13.1. The predicted octanol–water partition coefficient (Wildman–Crippen LogP) is 3.83. The number of nitrogens with zero attached hydrogens (tertiary/aromatic N) is 5. The number of carbonyl (C=O) groups is 3. The quantitative estimate of drug-likeness (QED) is 0.202. The van der Waals surface area contributed by atoms with Gasteiger partial charge in [-0.15, -0.1) is 5.10 Å². The first-order valence-electron chi connectivity index (χ1n) is 12.9. The Morgan fingerprint density at radius 1 is 1.17 bits per heavy atom. The zero-order valence-corrected chi connectivity index (χ0v) is 23.1. The molecule has 13 nitrogen and oxygen atoms in total. The van der Waals surface area contributed by atoms with Gasteiger partial charge in [-0.2, -0.15) is 4.68 Å². The molecule has 2 aromatic heterocycles. The van der Waals surface area contributed by atoms with Gasteiger partial charge in [0.2, 0.25) is 5.91 Å². The molecule has 5 rings (SSSR count). The van der Waals surface area contributed by atoms with E-state index in [1.165, 1.54) is 24.2 Å². The molecule has 214 valence electrons. The smallest absolute Gasteiger partial charge is 0.411 e. The van der Waals surface area contributed by atoms with Crippen LogP contribution in [-0.4, -0.2) is 61.7 Å². The summed E-state index contributed by atoms with van der Waals surface area (Å²) in [6.45, 7) is 0.400. The molecule has 3 amide bonds. The van der Waals surface area contributed by atoms with Crippen LogP contribution in [0.15, 0.2) is 67.2 Å². The van der Waals surface area contributed by atoms with Gasteiger partial charge in [-0.05, 0) is 65.7 Å². The summed E-state index contributed by atoms with van der Waals surface area (Å²) in [4.78, 5) is 45.7. The van der Waals surface area contributed by atoms with Crippen molar-refractivity contribution in [1.82, 2.24) is 40.8 Å². The number of halogens is 1. The molecule has 0 saturated heterocycles. The number of amides is 3. The number of hydrogen-bond donors (Lipinski definition) is 4. The maximum Gasteiger partial charge on any atom is 0.411 e. The predicted molar refractivity (Wildman–Crippen MR) is 155 cm³/mol. The second kappa shape index (κ2) is 12.9. The molecule has 3 heterocycles. The SMILES string of the molecule is COC(=O)Nc1ccc2c(c1)C(=O)NCC/C=C\C[C@H](NC(=O)/C=C/c1cc(Cl)ccc1-n1cnnn1)c1nc-2c[nH]1. The summed E-state index contributed by atoms with van der Waals surface area (Å²) in [6, 6.07) is 9.60. The zero-order valence-electron chi connectivity index (χ0n) is 22.4. The van der Waals surface area contributed by atoms with Gasteiger partial charge in [0, 0.05) is 40.7 Å². The van der Waals surface area contributed by atoms with Crippen molar-refractivity contribution in [3.05, 3.63) is 89.1 Å². The van der Waals surface area contributed by atoms with Crippen LogP contribution in [0.2, 0.25) is 5.02 Å². The number of carbonyl (C=O) groups excluding carboxylic acids is 3. The molecule has 42 heavy (non-hydrogen) atoms. The van der Waals surface area contributed by atoms with Crippen LogP contribution in [0.1, 0.15) is 40.6 Å². The molecule has 2 bridgehead atoms. The van der Waals surface area contributed by atoms with Gasteiger partial charge in [-0.1, -0.05) is 23.8 Å². The number of imidazole rings is 1. The fraction of sp³-hybridized carbons (Fsp3) is 0.179.